The minimum atomic E-state index is -0.0376. The van der Waals surface area contributed by atoms with E-state index < -0.39 is 0 Å². The van der Waals surface area contributed by atoms with Crippen molar-refractivity contribution in [3.63, 3.8) is 0 Å². The molecule has 0 aliphatic heterocycles. The van der Waals surface area contributed by atoms with Crippen LogP contribution in [0.1, 0.15) is 57.8 Å². The Morgan fingerprint density at radius 1 is 1.28 bits per heavy atom. The second kappa shape index (κ2) is 9.63. The van der Waals surface area contributed by atoms with Gasteiger partial charge in [0.25, 0.3) is 5.91 Å². The molecule has 1 heterocycles. The van der Waals surface area contributed by atoms with Crippen LogP contribution in [0, 0.1) is 5.92 Å². The van der Waals surface area contributed by atoms with Gasteiger partial charge in [-0.05, 0) is 37.8 Å². The van der Waals surface area contributed by atoms with Crippen LogP contribution in [0.2, 0.25) is 0 Å². The number of hydrogen-bond acceptors (Lipinski definition) is 2. The van der Waals surface area contributed by atoms with Crippen molar-refractivity contribution < 1.29 is 4.79 Å². The van der Waals surface area contributed by atoms with Crippen LogP contribution in [0.15, 0.2) is 24.5 Å². The number of amides is 1. The molecule has 0 radical (unpaired) electrons. The largest absolute Gasteiger partial charge is 0.350 e. The third-order valence-electron chi connectivity index (χ3n) is 2.48. The summed E-state index contributed by atoms with van der Waals surface area (Å²) in [4.78, 5) is 15.7. The van der Waals surface area contributed by atoms with Crippen molar-refractivity contribution in [1.29, 1.82) is 0 Å². The number of pyridine rings is 1. The lowest BCUT2D eigenvalue weighted by molar-refractivity contribution is 0.0937. The maximum atomic E-state index is 11.7. The first-order valence-electron chi connectivity index (χ1n) is 6.80. The second-order valence-corrected chi connectivity index (χ2v) is 4.59. The summed E-state index contributed by atoms with van der Waals surface area (Å²) in [5.41, 5.74) is 0.624. The van der Waals surface area contributed by atoms with Gasteiger partial charge in [-0.3, -0.25) is 9.78 Å². The van der Waals surface area contributed by atoms with E-state index in [0.717, 1.165) is 12.8 Å². The van der Waals surface area contributed by atoms with Crippen molar-refractivity contribution in [2.45, 2.75) is 53.5 Å². The summed E-state index contributed by atoms with van der Waals surface area (Å²) in [6, 6.07) is 3.76. The van der Waals surface area contributed by atoms with Crippen molar-refractivity contribution in [2.24, 2.45) is 5.92 Å². The van der Waals surface area contributed by atoms with Gasteiger partial charge in [0.15, 0.2) is 0 Å². The van der Waals surface area contributed by atoms with Crippen molar-refractivity contribution in [3.05, 3.63) is 30.1 Å². The molecule has 1 atom stereocenters. The van der Waals surface area contributed by atoms with Gasteiger partial charge >= 0.3 is 0 Å². The van der Waals surface area contributed by atoms with E-state index in [1.54, 1.807) is 24.5 Å². The number of rotatable bonds is 5. The third kappa shape index (κ3) is 7.05. The summed E-state index contributed by atoms with van der Waals surface area (Å²) in [5.74, 6) is 0.641. The Balaban J connectivity index is 0.00000137. The van der Waals surface area contributed by atoms with E-state index in [2.05, 4.69) is 24.1 Å². The van der Waals surface area contributed by atoms with Gasteiger partial charge in [0.05, 0.1) is 5.56 Å². The number of nitrogens with one attached hydrogen (secondary N) is 1. The van der Waals surface area contributed by atoms with E-state index in [1.165, 1.54) is 0 Å². The first-order chi connectivity index (χ1) is 8.59. The van der Waals surface area contributed by atoms with Crippen LogP contribution in [0.25, 0.3) is 0 Å². The number of carbonyl (C=O) groups excluding carboxylic acids is 1. The number of nitrogens with zero attached hydrogens (tertiary/aromatic N) is 1. The zero-order valence-corrected chi connectivity index (χ0v) is 12.2. The van der Waals surface area contributed by atoms with Gasteiger partial charge in [0.2, 0.25) is 0 Å². The molecule has 3 heteroatoms. The molecule has 0 aliphatic rings. The Morgan fingerprint density at radius 2 is 1.94 bits per heavy atom. The van der Waals surface area contributed by atoms with E-state index in [4.69, 9.17) is 0 Å². The van der Waals surface area contributed by atoms with Crippen molar-refractivity contribution in [1.82, 2.24) is 10.3 Å². The highest BCUT2D eigenvalue weighted by atomic mass is 16.1. The van der Waals surface area contributed by atoms with Gasteiger partial charge in [-0.2, -0.15) is 0 Å². The monoisotopic (exact) mass is 250 g/mol. The maximum absolute atomic E-state index is 11.7. The van der Waals surface area contributed by atoms with Gasteiger partial charge in [-0.1, -0.05) is 27.7 Å². The van der Waals surface area contributed by atoms with Gasteiger partial charge in [0, 0.05) is 18.4 Å². The normalized spacial score (nSPS) is 11.4. The van der Waals surface area contributed by atoms with E-state index in [0.29, 0.717) is 11.5 Å². The first kappa shape index (κ1) is 16.6. The molecule has 0 saturated carbocycles. The molecule has 1 aromatic heterocycles. The molecule has 1 N–H and O–H groups in total. The lowest BCUT2D eigenvalue weighted by Crippen LogP contribution is -2.32. The number of hydrogen-bond donors (Lipinski definition) is 1. The van der Waals surface area contributed by atoms with E-state index >= 15 is 0 Å². The predicted molar refractivity (Wildman–Crippen MR) is 76.6 cm³/mol. The van der Waals surface area contributed by atoms with E-state index in [-0.39, 0.29) is 11.9 Å². The summed E-state index contributed by atoms with van der Waals surface area (Å²) in [6.07, 6.45) is 5.40. The molecule has 0 fully saturated rings. The van der Waals surface area contributed by atoms with E-state index in [1.807, 2.05) is 20.8 Å². The van der Waals surface area contributed by atoms with Crippen molar-refractivity contribution in [3.8, 4) is 0 Å². The summed E-state index contributed by atoms with van der Waals surface area (Å²) in [5, 5.41) is 2.97. The van der Waals surface area contributed by atoms with Crippen LogP contribution in [-0.2, 0) is 0 Å². The smallest absolute Gasteiger partial charge is 0.253 e. The SMILES string of the molecule is CC.CC(C)CCC(C)NC(=O)c1cccnc1. The molecule has 0 saturated heterocycles. The molecule has 0 aromatic carbocycles. The van der Waals surface area contributed by atoms with Gasteiger partial charge in [-0.15, -0.1) is 0 Å². The topological polar surface area (TPSA) is 42.0 Å². The summed E-state index contributed by atoms with van der Waals surface area (Å²) >= 11 is 0. The molecule has 1 unspecified atom stereocenters. The van der Waals surface area contributed by atoms with Crippen LogP contribution >= 0.6 is 0 Å². The fourth-order valence-corrected chi connectivity index (χ4v) is 1.46. The highest BCUT2D eigenvalue weighted by Crippen LogP contribution is 2.07. The average molecular weight is 250 g/mol. The van der Waals surface area contributed by atoms with Gasteiger partial charge in [-0.25, -0.2) is 0 Å². The average Bonchev–Trinajstić information content (AvgIpc) is 2.39. The third-order valence-corrected chi connectivity index (χ3v) is 2.48. The van der Waals surface area contributed by atoms with E-state index in [9.17, 15) is 4.79 Å². The summed E-state index contributed by atoms with van der Waals surface area (Å²) < 4.78 is 0. The lowest BCUT2D eigenvalue weighted by Gasteiger charge is -2.14. The molecule has 1 rings (SSSR count). The molecule has 0 aliphatic carbocycles. The van der Waals surface area contributed by atoms with Crippen LogP contribution in [0.3, 0.4) is 0 Å². The lowest BCUT2D eigenvalue weighted by atomic mass is 10.0. The first-order valence-corrected chi connectivity index (χ1v) is 6.80. The Labute approximate surface area is 111 Å². The zero-order chi connectivity index (χ0) is 14.0. The minimum absolute atomic E-state index is 0.0376. The standard InChI is InChI=1S/C13H20N2O.C2H6/c1-10(2)6-7-11(3)15-13(16)12-5-4-8-14-9-12;1-2/h4-5,8-11H,6-7H2,1-3H3,(H,15,16);1-2H3. The van der Waals surface area contributed by atoms with Crippen molar-refractivity contribution in [2.75, 3.05) is 0 Å². The molecular formula is C15H26N2O. The van der Waals surface area contributed by atoms with Crippen LogP contribution < -0.4 is 5.32 Å². The fraction of sp³-hybridized carbons (Fsp3) is 0.600. The molecule has 102 valence electrons. The van der Waals surface area contributed by atoms with Gasteiger partial charge < -0.3 is 5.32 Å². The Morgan fingerprint density at radius 3 is 2.44 bits per heavy atom. The molecule has 0 spiro atoms. The summed E-state index contributed by atoms with van der Waals surface area (Å²) in [6.45, 7) is 10.4. The molecule has 1 amide bonds. The van der Waals surface area contributed by atoms with Gasteiger partial charge in [0.1, 0.15) is 0 Å². The quantitative estimate of drug-likeness (QED) is 0.866. The maximum Gasteiger partial charge on any atom is 0.253 e. The number of aromatic nitrogens is 1. The Kier molecular flexibility index (Phi) is 8.89. The molecule has 3 nitrogen and oxygen atoms in total. The molecule has 0 bridgehead atoms. The van der Waals surface area contributed by atoms with Crippen LogP contribution in [-0.4, -0.2) is 16.9 Å². The molecular weight excluding hydrogens is 224 g/mol. The second-order valence-electron chi connectivity index (χ2n) is 4.59. The van der Waals surface area contributed by atoms with Crippen LogP contribution in [0.5, 0.6) is 0 Å². The van der Waals surface area contributed by atoms with Crippen LogP contribution in [0.4, 0.5) is 0 Å². The Bertz CT molecular complexity index is 323. The van der Waals surface area contributed by atoms with Crippen molar-refractivity contribution >= 4 is 5.91 Å². The zero-order valence-electron chi connectivity index (χ0n) is 12.2. The highest BCUT2D eigenvalue weighted by Gasteiger charge is 2.09. The predicted octanol–water partition coefficient (Wildman–Crippen LogP) is 3.66. The fourth-order valence-electron chi connectivity index (χ4n) is 1.46. The minimum Gasteiger partial charge on any atom is -0.350 e. The molecule has 18 heavy (non-hydrogen) atoms. The number of carbonyl (C=O) groups is 1. The highest BCUT2D eigenvalue weighted by molar-refractivity contribution is 5.93. The Hall–Kier alpha value is -1.38. The molecule has 1 aromatic rings. The summed E-state index contributed by atoms with van der Waals surface area (Å²) in [7, 11) is 0.